The van der Waals surface area contributed by atoms with E-state index in [1.807, 2.05) is 58.8 Å². The summed E-state index contributed by atoms with van der Waals surface area (Å²) in [6, 6.07) is 1.94. The van der Waals surface area contributed by atoms with Crippen molar-refractivity contribution >= 4 is 33.9 Å². The van der Waals surface area contributed by atoms with Crippen LogP contribution in [0.5, 0.6) is 0 Å². The molecule has 2 aliphatic rings. The fraction of sp³-hybridized carbons (Fsp3) is 0.625. The number of rotatable bonds is 3. The van der Waals surface area contributed by atoms with Crippen molar-refractivity contribution in [2.75, 3.05) is 31.1 Å². The molecular weight excluding hydrogens is 514 g/mol. The van der Waals surface area contributed by atoms with Crippen LogP contribution in [0.1, 0.15) is 50.7 Å². The summed E-state index contributed by atoms with van der Waals surface area (Å²) < 4.78 is 8.31. The van der Waals surface area contributed by atoms with E-state index in [1.54, 1.807) is 9.58 Å². The van der Waals surface area contributed by atoms with Crippen LogP contribution in [0.2, 0.25) is 0 Å². The van der Waals surface area contributed by atoms with E-state index >= 15 is 0 Å². The van der Waals surface area contributed by atoms with Gasteiger partial charge in [-0.05, 0) is 69.5 Å². The number of ether oxygens (including phenoxy) is 1. The number of hydrogen-bond acceptors (Lipinski definition) is 7. The topological polar surface area (TPSA) is 96.7 Å². The van der Waals surface area contributed by atoms with Crippen molar-refractivity contribution in [3.63, 3.8) is 0 Å². The maximum absolute atomic E-state index is 14.0. The van der Waals surface area contributed by atoms with Crippen molar-refractivity contribution < 1.29 is 14.3 Å². The highest BCUT2D eigenvalue weighted by Gasteiger charge is 2.54. The van der Waals surface area contributed by atoms with Gasteiger partial charge in [0.2, 0.25) is 11.9 Å². The number of halogens is 1. The van der Waals surface area contributed by atoms with Crippen LogP contribution in [0, 0.1) is 13.8 Å². The van der Waals surface area contributed by atoms with E-state index in [9.17, 15) is 9.59 Å². The van der Waals surface area contributed by atoms with E-state index in [-0.39, 0.29) is 5.91 Å². The molecule has 0 N–H and O–H groups in total. The van der Waals surface area contributed by atoms with E-state index in [0.29, 0.717) is 51.5 Å². The third-order valence-corrected chi connectivity index (χ3v) is 7.11. The molecule has 2 aromatic rings. The van der Waals surface area contributed by atoms with Crippen molar-refractivity contribution in [3.05, 3.63) is 33.8 Å². The molecule has 4 rings (SSSR count). The number of aromatic nitrogens is 4. The third kappa shape index (κ3) is 5.29. The summed E-state index contributed by atoms with van der Waals surface area (Å²) in [5.41, 5.74) is 0.984. The summed E-state index contributed by atoms with van der Waals surface area (Å²) in [6.07, 6.45) is 2.37. The second-order valence-corrected chi connectivity index (χ2v) is 11.3. The lowest BCUT2D eigenvalue weighted by Crippen LogP contribution is -2.70. The second-order valence-electron chi connectivity index (χ2n) is 10.4. The van der Waals surface area contributed by atoms with Crippen molar-refractivity contribution in [2.24, 2.45) is 7.05 Å². The molecule has 0 radical (unpaired) electrons. The number of carbonyl (C=O) groups excluding carboxylic acids is 2. The molecule has 0 saturated carbocycles. The molecule has 2 aromatic heterocycles. The molecule has 35 heavy (non-hydrogen) atoms. The van der Waals surface area contributed by atoms with Crippen LogP contribution in [-0.4, -0.2) is 78.9 Å². The van der Waals surface area contributed by atoms with Crippen molar-refractivity contribution in [2.45, 2.75) is 65.1 Å². The predicted molar refractivity (Wildman–Crippen MR) is 135 cm³/mol. The number of aryl methyl sites for hydroxylation is 3. The molecule has 0 atom stereocenters. The van der Waals surface area contributed by atoms with Gasteiger partial charge >= 0.3 is 6.09 Å². The Hall–Kier alpha value is -2.69. The van der Waals surface area contributed by atoms with Gasteiger partial charge in [-0.2, -0.15) is 5.10 Å². The Bertz CT molecular complexity index is 1100. The minimum Gasteiger partial charge on any atom is -0.444 e. The summed E-state index contributed by atoms with van der Waals surface area (Å²) in [6.45, 7) is 11.8. The van der Waals surface area contributed by atoms with Gasteiger partial charge in [-0.25, -0.2) is 14.8 Å². The lowest BCUT2D eigenvalue weighted by Gasteiger charge is -2.52. The van der Waals surface area contributed by atoms with E-state index in [2.05, 4.69) is 35.9 Å². The monoisotopic (exact) mass is 547 g/mol. The van der Waals surface area contributed by atoms with Crippen LogP contribution in [0.15, 0.2) is 16.7 Å². The van der Waals surface area contributed by atoms with Crippen molar-refractivity contribution in [3.8, 4) is 0 Å². The highest BCUT2D eigenvalue weighted by molar-refractivity contribution is 9.10. The lowest BCUT2D eigenvalue weighted by molar-refractivity contribution is -0.153. The number of nitrogens with zero attached hydrogens (tertiary/aromatic N) is 7. The first kappa shape index (κ1) is 25.4. The van der Waals surface area contributed by atoms with E-state index in [0.717, 1.165) is 21.6 Å². The molecule has 2 amide bonds. The molecule has 4 heterocycles. The summed E-state index contributed by atoms with van der Waals surface area (Å²) in [5, 5.41) is 4.49. The van der Waals surface area contributed by atoms with Crippen LogP contribution in [0.25, 0.3) is 0 Å². The smallest absolute Gasteiger partial charge is 0.411 e. The highest BCUT2D eigenvalue weighted by atomic mass is 79.9. The maximum Gasteiger partial charge on any atom is 0.411 e. The SMILES string of the molecule is Cc1cc(C)nc(N2CCC3(CC2)C(=O)N(Cc2nn(C)cc2Br)CCN3C(=O)OC(C)(C)C)n1. The number of hydrogen-bond donors (Lipinski definition) is 0. The van der Waals surface area contributed by atoms with Gasteiger partial charge in [-0.3, -0.25) is 14.4 Å². The van der Waals surface area contributed by atoms with Gasteiger partial charge in [0, 0.05) is 50.8 Å². The predicted octanol–water partition coefficient (Wildman–Crippen LogP) is 3.21. The zero-order chi connectivity index (χ0) is 25.5. The summed E-state index contributed by atoms with van der Waals surface area (Å²) >= 11 is 3.54. The first-order chi connectivity index (χ1) is 16.4. The normalized spacial score (nSPS) is 18.4. The fourth-order valence-corrected chi connectivity index (χ4v) is 5.38. The molecule has 190 valence electrons. The fourth-order valence-electron chi connectivity index (χ4n) is 4.88. The Morgan fingerprint density at radius 3 is 2.29 bits per heavy atom. The standard InChI is InChI=1S/C24H34BrN7O3/c1-16-13-17(2)27-21(26-16)30-9-7-24(8-10-30)20(33)31(15-19-18(25)14-29(6)28-19)11-12-32(24)22(34)35-23(3,4)5/h13-14H,7-12,15H2,1-6H3. The molecule has 10 nitrogen and oxygen atoms in total. The molecule has 2 fully saturated rings. The van der Waals surface area contributed by atoms with Crippen LogP contribution >= 0.6 is 15.9 Å². The Morgan fingerprint density at radius 2 is 1.74 bits per heavy atom. The molecular formula is C24H34BrN7O3. The summed E-state index contributed by atoms with van der Waals surface area (Å²) in [4.78, 5) is 42.1. The van der Waals surface area contributed by atoms with Gasteiger partial charge in [-0.15, -0.1) is 0 Å². The van der Waals surface area contributed by atoms with Crippen LogP contribution < -0.4 is 4.90 Å². The van der Waals surface area contributed by atoms with Crippen molar-refractivity contribution in [1.82, 2.24) is 29.5 Å². The van der Waals surface area contributed by atoms with Crippen LogP contribution in [-0.2, 0) is 23.1 Å². The summed E-state index contributed by atoms with van der Waals surface area (Å²) in [5.74, 6) is 0.604. The number of piperidine rings is 1. The average Bonchev–Trinajstić information content (AvgIpc) is 3.06. The Morgan fingerprint density at radius 1 is 1.11 bits per heavy atom. The minimum absolute atomic E-state index is 0.0619. The van der Waals surface area contributed by atoms with Gasteiger partial charge in [-0.1, -0.05) is 0 Å². The van der Waals surface area contributed by atoms with E-state index in [4.69, 9.17) is 4.74 Å². The maximum atomic E-state index is 14.0. The third-order valence-electron chi connectivity index (χ3n) is 6.45. The van der Waals surface area contributed by atoms with Gasteiger partial charge in [0.15, 0.2) is 0 Å². The molecule has 2 saturated heterocycles. The number of piperazine rings is 1. The minimum atomic E-state index is -0.975. The van der Waals surface area contributed by atoms with Gasteiger partial charge in [0.25, 0.3) is 0 Å². The number of amides is 2. The Balaban J connectivity index is 1.61. The Kier molecular flexibility index (Phi) is 6.82. The van der Waals surface area contributed by atoms with E-state index < -0.39 is 17.2 Å². The highest BCUT2D eigenvalue weighted by Crippen LogP contribution is 2.36. The Labute approximate surface area is 214 Å². The molecule has 1 spiro atoms. The average molecular weight is 548 g/mol. The van der Waals surface area contributed by atoms with Crippen LogP contribution in [0.4, 0.5) is 10.7 Å². The molecule has 0 aromatic carbocycles. The zero-order valence-corrected chi connectivity index (χ0v) is 22.9. The van der Waals surface area contributed by atoms with Gasteiger partial charge in [0.05, 0.1) is 16.7 Å². The molecule has 0 bridgehead atoms. The van der Waals surface area contributed by atoms with Crippen molar-refractivity contribution in [1.29, 1.82) is 0 Å². The molecule has 0 aliphatic carbocycles. The molecule has 0 unspecified atom stereocenters. The molecule has 11 heteroatoms. The lowest BCUT2D eigenvalue weighted by atomic mass is 9.82. The van der Waals surface area contributed by atoms with E-state index in [1.165, 1.54) is 0 Å². The van der Waals surface area contributed by atoms with Gasteiger partial charge < -0.3 is 14.5 Å². The number of anilines is 1. The second kappa shape index (κ2) is 9.40. The first-order valence-corrected chi connectivity index (χ1v) is 12.7. The largest absolute Gasteiger partial charge is 0.444 e. The molecule has 2 aliphatic heterocycles. The number of carbonyl (C=O) groups is 2. The van der Waals surface area contributed by atoms with Crippen LogP contribution in [0.3, 0.4) is 0 Å². The first-order valence-electron chi connectivity index (χ1n) is 11.9. The van der Waals surface area contributed by atoms with Gasteiger partial charge in [0.1, 0.15) is 11.1 Å². The zero-order valence-electron chi connectivity index (χ0n) is 21.3. The quantitative estimate of drug-likeness (QED) is 0.581. The summed E-state index contributed by atoms with van der Waals surface area (Å²) in [7, 11) is 1.85.